The molecule has 0 aliphatic heterocycles. The van der Waals surface area contributed by atoms with Crippen LogP contribution < -0.4 is 0 Å². The van der Waals surface area contributed by atoms with Crippen molar-refractivity contribution in [3.63, 3.8) is 0 Å². The minimum absolute atomic E-state index is 0.849. The van der Waals surface area contributed by atoms with Crippen LogP contribution in [-0.4, -0.2) is 15.8 Å². The van der Waals surface area contributed by atoms with E-state index >= 15 is 0 Å². The van der Waals surface area contributed by atoms with Crippen molar-refractivity contribution in [2.24, 2.45) is 0 Å². The van der Waals surface area contributed by atoms with Gasteiger partial charge in [-0.05, 0) is 40.8 Å². The molecule has 0 unspecified atom stereocenters. The molecule has 0 atom stereocenters. The third kappa shape index (κ3) is 2.28. The van der Waals surface area contributed by atoms with Gasteiger partial charge in [0.05, 0.1) is 17.6 Å². The van der Waals surface area contributed by atoms with Gasteiger partial charge in [0, 0.05) is 0 Å². The molecule has 3 heteroatoms. The first-order chi connectivity index (χ1) is 10.8. The summed E-state index contributed by atoms with van der Waals surface area (Å²) in [5.74, 6) is 0. The van der Waals surface area contributed by atoms with E-state index in [-0.39, 0.29) is 0 Å². The van der Waals surface area contributed by atoms with Gasteiger partial charge in [-0.25, -0.2) is 4.98 Å². The quantitative estimate of drug-likeness (QED) is 0.498. The van der Waals surface area contributed by atoms with Gasteiger partial charge in [-0.1, -0.05) is 60.3 Å². The summed E-state index contributed by atoms with van der Waals surface area (Å²) in [4.78, 5) is 4.72. The number of fused-ring (bicyclic) bond motifs is 2. The minimum atomic E-state index is 0.849. The fourth-order valence-electron chi connectivity index (χ4n) is 2.88. The molecule has 4 aromatic rings. The Morgan fingerprint density at radius 2 is 1.68 bits per heavy atom. The van der Waals surface area contributed by atoms with Gasteiger partial charge < -0.3 is 4.57 Å². The summed E-state index contributed by atoms with van der Waals surface area (Å²) in [5.41, 5.74) is 3.56. The number of rotatable bonds is 3. The number of para-hydroxylation sites is 2. The number of benzene rings is 3. The van der Waals surface area contributed by atoms with Crippen LogP contribution in [0.5, 0.6) is 0 Å². The second-order valence-electron chi connectivity index (χ2n) is 5.35. The Hall–Kier alpha value is -2.26. The largest absolute Gasteiger partial charge is 0.314 e. The maximum absolute atomic E-state index is 4.72. The van der Waals surface area contributed by atoms with Crippen molar-refractivity contribution in [2.75, 3.05) is 6.26 Å². The molecule has 1 aromatic heterocycles. The van der Waals surface area contributed by atoms with E-state index < -0.39 is 0 Å². The third-order valence-corrected chi connectivity index (χ3v) is 4.63. The molecule has 0 fully saturated rings. The minimum Gasteiger partial charge on any atom is -0.314 e. The van der Waals surface area contributed by atoms with Crippen molar-refractivity contribution in [1.82, 2.24) is 9.55 Å². The van der Waals surface area contributed by atoms with Gasteiger partial charge in [-0.3, -0.25) is 0 Å². The predicted molar refractivity (Wildman–Crippen MR) is 94.6 cm³/mol. The number of hydrogen-bond acceptors (Lipinski definition) is 2. The van der Waals surface area contributed by atoms with Gasteiger partial charge in [0.25, 0.3) is 0 Å². The Balaban J connectivity index is 1.81. The predicted octanol–water partition coefficient (Wildman–Crippen LogP) is 4.96. The van der Waals surface area contributed by atoms with Crippen molar-refractivity contribution in [3.8, 4) is 0 Å². The lowest BCUT2D eigenvalue weighted by atomic mass is 10.1. The van der Waals surface area contributed by atoms with E-state index in [2.05, 4.69) is 71.5 Å². The van der Waals surface area contributed by atoms with Gasteiger partial charge in [-0.2, -0.15) is 0 Å². The molecule has 0 bridgehead atoms. The monoisotopic (exact) mass is 304 g/mol. The Bertz CT molecular complexity index is 956. The number of aromatic nitrogens is 2. The lowest BCUT2D eigenvalue weighted by molar-refractivity contribution is 0.733. The van der Waals surface area contributed by atoms with E-state index in [1.54, 1.807) is 11.8 Å². The van der Waals surface area contributed by atoms with Crippen LogP contribution in [0.15, 0.2) is 71.9 Å². The molecule has 108 valence electrons. The van der Waals surface area contributed by atoms with Crippen molar-refractivity contribution in [2.45, 2.75) is 11.7 Å². The second kappa shape index (κ2) is 5.50. The summed E-state index contributed by atoms with van der Waals surface area (Å²) in [6.07, 6.45) is 2.08. The molecule has 0 saturated heterocycles. The van der Waals surface area contributed by atoms with Crippen LogP contribution in [0.4, 0.5) is 0 Å². The molecule has 22 heavy (non-hydrogen) atoms. The van der Waals surface area contributed by atoms with E-state index in [0.717, 1.165) is 17.2 Å². The summed E-state index contributed by atoms with van der Waals surface area (Å²) in [6, 6.07) is 23.5. The van der Waals surface area contributed by atoms with Crippen LogP contribution in [0.2, 0.25) is 0 Å². The average molecular weight is 304 g/mol. The Morgan fingerprint density at radius 1 is 0.909 bits per heavy atom. The normalized spacial score (nSPS) is 11.3. The van der Waals surface area contributed by atoms with Crippen LogP contribution in [0.25, 0.3) is 21.8 Å². The van der Waals surface area contributed by atoms with Crippen LogP contribution >= 0.6 is 11.8 Å². The molecule has 1 heterocycles. The molecule has 0 saturated carbocycles. The maximum Gasteiger partial charge on any atom is 0.169 e. The zero-order chi connectivity index (χ0) is 14.9. The van der Waals surface area contributed by atoms with Gasteiger partial charge in [-0.15, -0.1) is 0 Å². The van der Waals surface area contributed by atoms with E-state index in [0.29, 0.717) is 0 Å². The summed E-state index contributed by atoms with van der Waals surface area (Å²) in [5, 5.41) is 3.64. The number of nitrogens with zero attached hydrogens (tertiary/aromatic N) is 2. The molecular formula is C19H16N2S. The molecule has 0 amide bonds. The van der Waals surface area contributed by atoms with Crippen molar-refractivity contribution in [3.05, 3.63) is 72.3 Å². The highest BCUT2D eigenvalue weighted by molar-refractivity contribution is 7.98. The van der Waals surface area contributed by atoms with Crippen molar-refractivity contribution in [1.29, 1.82) is 0 Å². The van der Waals surface area contributed by atoms with E-state index in [1.165, 1.54) is 21.9 Å². The first-order valence-electron chi connectivity index (χ1n) is 7.32. The Labute approximate surface area is 133 Å². The zero-order valence-corrected chi connectivity index (χ0v) is 13.2. The Morgan fingerprint density at radius 3 is 2.55 bits per heavy atom. The maximum atomic E-state index is 4.72. The number of imidazole rings is 1. The third-order valence-electron chi connectivity index (χ3n) is 3.96. The summed E-state index contributed by atoms with van der Waals surface area (Å²) >= 11 is 1.70. The van der Waals surface area contributed by atoms with Crippen LogP contribution in [-0.2, 0) is 6.54 Å². The van der Waals surface area contributed by atoms with Crippen molar-refractivity contribution >= 4 is 33.6 Å². The topological polar surface area (TPSA) is 17.8 Å². The van der Waals surface area contributed by atoms with Crippen LogP contribution in [0.3, 0.4) is 0 Å². The van der Waals surface area contributed by atoms with Gasteiger partial charge in [0.2, 0.25) is 0 Å². The molecule has 4 rings (SSSR count). The lowest BCUT2D eigenvalue weighted by Crippen LogP contribution is -2.01. The van der Waals surface area contributed by atoms with Crippen LogP contribution in [0, 0.1) is 0 Å². The van der Waals surface area contributed by atoms with Gasteiger partial charge in [0.1, 0.15) is 0 Å². The molecule has 0 spiro atoms. The first kappa shape index (κ1) is 13.4. The molecule has 0 N–H and O–H groups in total. The summed E-state index contributed by atoms with van der Waals surface area (Å²) in [6.45, 7) is 0.849. The smallest absolute Gasteiger partial charge is 0.169 e. The summed E-state index contributed by atoms with van der Waals surface area (Å²) < 4.78 is 2.30. The van der Waals surface area contributed by atoms with Gasteiger partial charge >= 0.3 is 0 Å². The molecule has 0 aliphatic rings. The molecule has 2 nitrogen and oxygen atoms in total. The Kier molecular flexibility index (Phi) is 3.35. The number of thioether (sulfide) groups is 1. The lowest BCUT2D eigenvalue weighted by Gasteiger charge is -2.09. The molecule has 0 aliphatic carbocycles. The van der Waals surface area contributed by atoms with E-state index in [9.17, 15) is 0 Å². The fraction of sp³-hybridized carbons (Fsp3) is 0.105. The second-order valence-corrected chi connectivity index (χ2v) is 6.13. The average Bonchev–Trinajstić information content (AvgIpc) is 2.93. The van der Waals surface area contributed by atoms with Gasteiger partial charge in [0.15, 0.2) is 5.16 Å². The molecule has 0 radical (unpaired) electrons. The van der Waals surface area contributed by atoms with E-state index in [1.807, 2.05) is 6.07 Å². The molecule has 3 aromatic carbocycles. The highest BCUT2D eigenvalue weighted by Crippen LogP contribution is 2.24. The first-order valence-corrected chi connectivity index (χ1v) is 8.54. The van der Waals surface area contributed by atoms with Crippen LogP contribution in [0.1, 0.15) is 5.56 Å². The highest BCUT2D eigenvalue weighted by Gasteiger charge is 2.10. The van der Waals surface area contributed by atoms with Crippen molar-refractivity contribution < 1.29 is 0 Å². The number of hydrogen-bond donors (Lipinski definition) is 0. The molecular weight excluding hydrogens is 288 g/mol. The summed E-state index contributed by atoms with van der Waals surface area (Å²) in [7, 11) is 0. The SMILES string of the molecule is CSc1nc2ccccc2n1Cc1ccc2ccccc2c1. The highest BCUT2D eigenvalue weighted by atomic mass is 32.2. The standard InChI is InChI=1S/C19H16N2S/c1-22-19-20-17-8-4-5-9-18(17)21(19)13-14-10-11-15-6-2-3-7-16(15)12-14/h2-12H,13H2,1H3. The van der Waals surface area contributed by atoms with E-state index in [4.69, 9.17) is 4.98 Å². The zero-order valence-electron chi connectivity index (χ0n) is 12.4. The fourth-order valence-corrected chi connectivity index (χ4v) is 3.45.